The Morgan fingerprint density at radius 3 is 2.63 bits per heavy atom. The van der Waals surface area contributed by atoms with Gasteiger partial charge in [0.25, 0.3) is 0 Å². The number of aliphatic hydroxyl groups is 1. The van der Waals surface area contributed by atoms with Crippen LogP contribution in [0.3, 0.4) is 0 Å². The van der Waals surface area contributed by atoms with Crippen LogP contribution in [0.2, 0.25) is 0 Å². The molecule has 1 atom stereocenters. The highest BCUT2D eigenvalue weighted by Crippen LogP contribution is 2.14. The minimum Gasteiger partial charge on any atom is -0.384 e. The van der Waals surface area contributed by atoms with E-state index in [1.807, 2.05) is 0 Å². The molecule has 1 aromatic carbocycles. The maximum atomic E-state index is 11.8. The second-order valence-corrected chi connectivity index (χ2v) is 6.33. The van der Waals surface area contributed by atoms with Crippen LogP contribution in [0.1, 0.15) is 12.5 Å². The molecule has 1 aromatic rings. The third kappa shape index (κ3) is 4.39. The van der Waals surface area contributed by atoms with Gasteiger partial charge in [-0.05, 0) is 19.1 Å². The minimum atomic E-state index is -3.44. The van der Waals surface area contributed by atoms with E-state index in [0.717, 1.165) is 6.26 Å². The molecule has 1 unspecified atom stereocenters. The maximum absolute atomic E-state index is 11.8. The second kappa shape index (κ2) is 6.36. The molecule has 1 amide bonds. The van der Waals surface area contributed by atoms with Crippen molar-refractivity contribution in [2.75, 3.05) is 18.2 Å². The summed E-state index contributed by atoms with van der Waals surface area (Å²) in [4.78, 5) is 11.8. The number of para-hydroxylation sites is 1. The summed E-state index contributed by atoms with van der Waals surface area (Å²) >= 11 is 0. The van der Waals surface area contributed by atoms with Gasteiger partial charge < -0.3 is 10.4 Å². The quantitative estimate of drug-likeness (QED) is 0.786. The average molecular weight is 281 g/mol. The van der Waals surface area contributed by atoms with Crippen LogP contribution in [0.15, 0.2) is 24.3 Å². The first-order valence-corrected chi connectivity index (χ1v) is 7.50. The van der Waals surface area contributed by atoms with E-state index in [1.54, 1.807) is 24.3 Å². The van der Waals surface area contributed by atoms with Crippen molar-refractivity contribution < 1.29 is 18.3 Å². The fourth-order valence-corrected chi connectivity index (χ4v) is 1.71. The number of nitrogens with one attached hydrogen (secondary N) is 1. The molecule has 0 radical (unpaired) electrons. The van der Waals surface area contributed by atoms with Crippen LogP contribution in [0.5, 0.6) is 0 Å². The highest BCUT2D eigenvalue weighted by atomic mass is 32.2. The predicted octanol–water partition coefficient (Wildman–Crippen LogP) is 0.402. The summed E-state index contributed by atoms with van der Waals surface area (Å²) in [6.07, 6.45) is 1.01. The Labute approximate surface area is 112 Å². The molecule has 6 heteroatoms. The number of aliphatic hydroxyl groups excluding tert-OH is 1. The first kappa shape index (κ1) is 15.2. The molecule has 0 aromatic heterocycles. The van der Waals surface area contributed by atoms with Gasteiger partial charge in [-0.25, -0.2) is 8.42 Å². The van der Waals surface area contributed by atoms with Gasteiger partial charge in [0.1, 0.15) is 11.9 Å². The zero-order valence-corrected chi connectivity index (χ0v) is 11.5. The molecule has 2 N–H and O–H groups in total. The van der Waals surface area contributed by atoms with Crippen molar-refractivity contribution in [2.24, 2.45) is 0 Å². The van der Waals surface area contributed by atoms with Crippen LogP contribution in [-0.4, -0.2) is 37.5 Å². The molecule has 102 valence electrons. The first-order valence-electron chi connectivity index (χ1n) is 5.54. The Balaban J connectivity index is 2.97. The zero-order valence-electron chi connectivity index (χ0n) is 10.7. The molecule has 0 spiro atoms. The fourth-order valence-electron chi connectivity index (χ4n) is 1.26. The molecular weight excluding hydrogens is 266 g/mol. The Bertz CT molecular complexity index is 626. The van der Waals surface area contributed by atoms with Gasteiger partial charge >= 0.3 is 0 Å². The lowest BCUT2D eigenvalue weighted by molar-refractivity contribution is -0.115. The Morgan fingerprint density at radius 1 is 1.42 bits per heavy atom. The van der Waals surface area contributed by atoms with Gasteiger partial charge in [0, 0.05) is 11.8 Å². The van der Waals surface area contributed by atoms with Gasteiger partial charge in [0.05, 0.1) is 5.69 Å². The number of anilines is 1. The van der Waals surface area contributed by atoms with Crippen molar-refractivity contribution in [3.63, 3.8) is 0 Å². The molecule has 5 nitrogen and oxygen atoms in total. The smallest absolute Gasteiger partial charge is 0.242 e. The van der Waals surface area contributed by atoms with Gasteiger partial charge in [-0.1, -0.05) is 24.0 Å². The zero-order chi connectivity index (χ0) is 14.5. The molecular formula is C13H15NO4S. The van der Waals surface area contributed by atoms with Crippen LogP contribution >= 0.6 is 0 Å². The second-order valence-electron chi connectivity index (χ2n) is 3.97. The average Bonchev–Trinajstić information content (AvgIpc) is 2.35. The number of carbonyl (C=O) groups is 1. The summed E-state index contributed by atoms with van der Waals surface area (Å²) < 4.78 is 22.6. The van der Waals surface area contributed by atoms with Crippen LogP contribution in [0.4, 0.5) is 5.69 Å². The molecule has 0 saturated heterocycles. The number of carbonyl (C=O) groups excluding carboxylic acids is 1. The van der Waals surface area contributed by atoms with Crippen molar-refractivity contribution in [3.05, 3.63) is 29.8 Å². The lowest BCUT2D eigenvalue weighted by atomic mass is 10.2. The summed E-state index contributed by atoms with van der Waals surface area (Å²) in [6.45, 7) is 1.04. The number of sulfone groups is 1. The van der Waals surface area contributed by atoms with Crippen LogP contribution in [0, 0.1) is 11.8 Å². The topological polar surface area (TPSA) is 83.5 Å². The largest absolute Gasteiger partial charge is 0.384 e. The number of amides is 1. The van der Waals surface area contributed by atoms with E-state index in [2.05, 4.69) is 17.2 Å². The standard InChI is InChI=1S/C13H15NO4S/c1-10(19(2,17)18)13(16)14-12-8-4-3-6-11(12)7-5-9-15/h3-4,6,8,10,15H,9H2,1-2H3,(H,14,16). The molecule has 0 heterocycles. The summed E-state index contributed by atoms with van der Waals surface area (Å²) in [7, 11) is -3.44. The third-order valence-electron chi connectivity index (χ3n) is 2.50. The third-order valence-corrected chi connectivity index (χ3v) is 4.00. The van der Waals surface area contributed by atoms with Crippen molar-refractivity contribution >= 4 is 21.4 Å². The highest BCUT2D eigenvalue weighted by molar-refractivity contribution is 7.92. The normalized spacial score (nSPS) is 12.2. The number of hydrogen-bond acceptors (Lipinski definition) is 4. The van der Waals surface area contributed by atoms with Crippen LogP contribution < -0.4 is 5.32 Å². The van der Waals surface area contributed by atoms with Gasteiger partial charge in [-0.2, -0.15) is 0 Å². The van der Waals surface area contributed by atoms with Crippen LogP contribution in [0.25, 0.3) is 0 Å². The van der Waals surface area contributed by atoms with E-state index in [0.29, 0.717) is 11.3 Å². The van der Waals surface area contributed by atoms with Gasteiger partial charge in [-0.15, -0.1) is 0 Å². The first-order chi connectivity index (χ1) is 8.86. The van der Waals surface area contributed by atoms with Crippen molar-refractivity contribution in [3.8, 4) is 11.8 Å². The van der Waals surface area contributed by atoms with Crippen molar-refractivity contribution in [1.82, 2.24) is 0 Å². The molecule has 0 saturated carbocycles. The molecule has 19 heavy (non-hydrogen) atoms. The van der Waals surface area contributed by atoms with Gasteiger partial charge in [-0.3, -0.25) is 4.79 Å². The van der Waals surface area contributed by atoms with E-state index >= 15 is 0 Å². The SMILES string of the molecule is CC(C(=O)Nc1ccccc1C#CCO)S(C)(=O)=O. The molecule has 1 rings (SSSR count). The van der Waals surface area contributed by atoms with E-state index < -0.39 is 21.0 Å². The maximum Gasteiger partial charge on any atom is 0.242 e. The van der Waals surface area contributed by atoms with E-state index in [-0.39, 0.29) is 6.61 Å². The number of hydrogen-bond donors (Lipinski definition) is 2. The number of benzene rings is 1. The predicted molar refractivity (Wildman–Crippen MR) is 73.3 cm³/mol. The van der Waals surface area contributed by atoms with Crippen molar-refractivity contribution in [1.29, 1.82) is 0 Å². The Kier molecular flexibility index (Phi) is 5.10. The van der Waals surface area contributed by atoms with E-state index in [1.165, 1.54) is 6.92 Å². The van der Waals surface area contributed by atoms with Gasteiger partial charge in [0.15, 0.2) is 9.84 Å². The van der Waals surface area contributed by atoms with Crippen LogP contribution in [-0.2, 0) is 14.6 Å². The minimum absolute atomic E-state index is 0.290. The van der Waals surface area contributed by atoms with Crippen molar-refractivity contribution in [2.45, 2.75) is 12.2 Å². The number of rotatable bonds is 3. The summed E-state index contributed by atoms with van der Waals surface area (Å²) in [5, 5.41) is 10.0. The molecule has 0 aliphatic heterocycles. The van der Waals surface area contributed by atoms with E-state index in [9.17, 15) is 13.2 Å². The lowest BCUT2D eigenvalue weighted by Gasteiger charge is -2.11. The molecule has 0 bridgehead atoms. The Hall–Kier alpha value is -1.84. The lowest BCUT2D eigenvalue weighted by Crippen LogP contribution is -2.32. The molecule has 0 aliphatic rings. The molecule has 0 aliphatic carbocycles. The monoisotopic (exact) mass is 281 g/mol. The van der Waals surface area contributed by atoms with Gasteiger partial charge in [0.2, 0.25) is 5.91 Å². The highest BCUT2D eigenvalue weighted by Gasteiger charge is 2.23. The fraction of sp³-hybridized carbons (Fsp3) is 0.308. The molecule has 0 fully saturated rings. The summed E-state index contributed by atoms with van der Waals surface area (Å²) in [5.41, 5.74) is 0.939. The Morgan fingerprint density at radius 2 is 2.05 bits per heavy atom. The summed E-state index contributed by atoms with van der Waals surface area (Å²) in [6, 6.07) is 6.72. The van der Waals surface area contributed by atoms with E-state index in [4.69, 9.17) is 5.11 Å². The summed E-state index contributed by atoms with van der Waals surface area (Å²) in [5.74, 6) is 4.55.